The molecule has 0 fully saturated rings. The van der Waals surface area contributed by atoms with Crippen LogP contribution in [0.2, 0.25) is 5.02 Å². The van der Waals surface area contributed by atoms with Gasteiger partial charge in [0, 0.05) is 24.2 Å². The Hall–Kier alpha value is -2.35. The minimum atomic E-state index is -3.59. The summed E-state index contributed by atoms with van der Waals surface area (Å²) < 4.78 is 26.6. The fraction of sp³-hybridized carbons (Fsp3) is 0.105. The Morgan fingerprint density at radius 1 is 1.07 bits per heavy atom. The number of rotatable bonds is 6. The number of sulfonamides is 1. The summed E-state index contributed by atoms with van der Waals surface area (Å²) in [5, 5.41) is 5.18. The highest BCUT2D eigenvalue weighted by Crippen LogP contribution is 2.25. The van der Waals surface area contributed by atoms with Crippen molar-refractivity contribution in [2.45, 2.75) is 10.8 Å². The van der Waals surface area contributed by atoms with Gasteiger partial charge in [-0.3, -0.25) is 9.10 Å². The first-order valence-corrected chi connectivity index (χ1v) is 10.7. The van der Waals surface area contributed by atoms with Gasteiger partial charge in [0.25, 0.3) is 15.9 Å². The molecule has 3 rings (SSSR count). The Bertz CT molecular complexity index is 1020. The van der Waals surface area contributed by atoms with Crippen LogP contribution < -0.4 is 9.62 Å². The predicted octanol–water partition coefficient (Wildman–Crippen LogP) is 4.16. The second-order valence-corrected chi connectivity index (χ2v) is 9.34. The number of halogens is 1. The maximum absolute atomic E-state index is 12.5. The number of carbonyl (C=O) groups is 1. The van der Waals surface area contributed by atoms with Gasteiger partial charge < -0.3 is 5.32 Å². The van der Waals surface area contributed by atoms with Crippen LogP contribution >= 0.6 is 22.9 Å². The van der Waals surface area contributed by atoms with Crippen LogP contribution in [0.15, 0.2) is 70.3 Å². The molecule has 1 amide bonds. The van der Waals surface area contributed by atoms with E-state index in [-0.39, 0.29) is 10.1 Å². The molecule has 5 nitrogen and oxygen atoms in total. The molecule has 0 saturated carbocycles. The lowest BCUT2D eigenvalue weighted by Crippen LogP contribution is -2.26. The van der Waals surface area contributed by atoms with Crippen molar-refractivity contribution in [2.75, 3.05) is 11.4 Å². The Morgan fingerprint density at radius 2 is 1.74 bits per heavy atom. The van der Waals surface area contributed by atoms with Crippen molar-refractivity contribution in [1.82, 2.24) is 5.32 Å². The highest BCUT2D eigenvalue weighted by molar-refractivity contribution is 7.94. The Morgan fingerprint density at radius 3 is 2.33 bits per heavy atom. The summed E-state index contributed by atoms with van der Waals surface area (Å²) in [6.45, 7) is 0.379. The van der Waals surface area contributed by atoms with E-state index in [1.807, 2.05) is 12.1 Å². The zero-order valence-electron chi connectivity index (χ0n) is 14.4. The lowest BCUT2D eigenvalue weighted by atomic mass is 10.2. The fourth-order valence-corrected chi connectivity index (χ4v) is 4.88. The van der Waals surface area contributed by atoms with Crippen LogP contribution in [0.1, 0.15) is 15.9 Å². The number of carbonyl (C=O) groups excluding carboxylic acids is 1. The summed E-state index contributed by atoms with van der Waals surface area (Å²) in [5.41, 5.74) is 1.87. The molecule has 0 radical (unpaired) electrons. The largest absolute Gasteiger partial charge is 0.348 e. The monoisotopic (exact) mass is 420 g/mol. The number of benzene rings is 2. The van der Waals surface area contributed by atoms with Crippen LogP contribution in [0.25, 0.3) is 0 Å². The number of hydrogen-bond donors (Lipinski definition) is 1. The Kier molecular flexibility index (Phi) is 5.84. The number of thiophene rings is 1. The van der Waals surface area contributed by atoms with Crippen molar-refractivity contribution in [3.8, 4) is 0 Å². The molecule has 0 saturated heterocycles. The number of hydrogen-bond acceptors (Lipinski definition) is 4. The van der Waals surface area contributed by atoms with E-state index >= 15 is 0 Å². The van der Waals surface area contributed by atoms with E-state index in [2.05, 4.69) is 5.32 Å². The lowest BCUT2D eigenvalue weighted by Gasteiger charge is -2.18. The van der Waals surface area contributed by atoms with Gasteiger partial charge in [-0.15, -0.1) is 11.3 Å². The molecule has 0 spiro atoms. The van der Waals surface area contributed by atoms with Crippen LogP contribution in [0.5, 0.6) is 0 Å². The van der Waals surface area contributed by atoms with Crippen molar-refractivity contribution in [2.24, 2.45) is 0 Å². The van der Waals surface area contributed by atoms with E-state index < -0.39 is 10.0 Å². The third kappa shape index (κ3) is 4.50. The second-order valence-electron chi connectivity index (χ2n) is 5.76. The molecule has 1 aromatic heterocycles. The molecule has 0 atom stereocenters. The van der Waals surface area contributed by atoms with Crippen molar-refractivity contribution < 1.29 is 13.2 Å². The molecular formula is C19H17ClN2O3S2. The van der Waals surface area contributed by atoms with Gasteiger partial charge in [0.05, 0.1) is 5.69 Å². The molecule has 27 heavy (non-hydrogen) atoms. The summed E-state index contributed by atoms with van der Waals surface area (Å²) in [5.74, 6) is -0.236. The van der Waals surface area contributed by atoms with Gasteiger partial charge in [-0.1, -0.05) is 29.8 Å². The highest BCUT2D eigenvalue weighted by atomic mass is 35.5. The Balaban J connectivity index is 1.67. The standard InChI is InChI=1S/C19H17ClN2O3S2/c1-22(27(24,25)18-3-2-12-26-18)17-10-6-15(7-11-17)19(23)21-13-14-4-8-16(20)9-5-14/h2-12H,13H2,1H3,(H,21,23). The summed E-state index contributed by atoms with van der Waals surface area (Å²) in [6, 6.07) is 16.9. The molecule has 0 aliphatic rings. The molecule has 140 valence electrons. The number of nitrogens with one attached hydrogen (secondary N) is 1. The van der Waals surface area contributed by atoms with Crippen LogP contribution in [0, 0.1) is 0 Å². The third-order valence-electron chi connectivity index (χ3n) is 3.97. The molecule has 2 aromatic carbocycles. The SMILES string of the molecule is CN(c1ccc(C(=O)NCc2ccc(Cl)cc2)cc1)S(=O)(=O)c1cccs1. The summed E-state index contributed by atoms with van der Waals surface area (Å²) in [4.78, 5) is 12.3. The molecule has 8 heteroatoms. The number of nitrogens with zero attached hydrogens (tertiary/aromatic N) is 1. The molecule has 0 unspecified atom stereocenters. The smallest absolute Gasteiger partial charge is 0.273 e. The Labute approximate surface area is 167 Å². The van der Waals surface area contributed by atoms with E-state index in [1.165, 1.54) is 11.4 Å². The first-order chi connectivity index (χ1) is 12.9. The second kappa shape index (κ2) is 8.12. The van der Waals surface area contributed by atoms with E-state index in [9.17, 15) is 13.2 Å². The van der Waals surface area contributed by atoms with Crippen LogP contribution in [-0.4, -0.2) is 21.4 Å². The summed E-state index contributed by atoms with van der Waals surface area (Å²) in [6.07, 6.45) is 0. The van der Waals surface area contributed by atoms with E-state index in [4.69, 9.17) is 11.6 Å². The van der Waals surface area contributed by atoms with E-state index in [0.29, 0.717) is 22.8 Å². The van der Waals surface area contributed by atoms with Gasteiger partial charge in [-0.05, 0) is 53.4 Å². The molecule has 0 bridgehead atoms. The van der Waals surface area contributed by atoms with Gasteiger partial charge in [-0.2, -0.15) is 0 Å². The molecule has 1 heterocycles. The van der Waals surface area contributed by atoms with Crippen LogP contribution in [0.3, 0.4) is 0 Å². The van der Waals surface area contributed by atoms with E-state index in [1.54, 1.807) is 53.9 Å². The number of anilines is 1. The van der Waals surface area contributed by atoms with E-state index in [0.717, 1.165) is 16.9 Å². The topological polar surface area (TPSA) is 66.5 Å². The fourth-order valence-electron chi connectivity index (χ4n) is 2.39. The van der Waals surface area contributed by atoms with Gasteiger partial charge in [-0.25, -0.2) is 8.42 Å². The predicted molar refractivity (Wildman–Crippen MR) is 109 cm³/mol. The van der Waals surface area contributed by atoms with Gasteiger partial charge >= 0.3 is 0 Å². The zero-order valence-corrected chi connectivity index (χ0v) is 16.8. The average molecular weight is 421 g/mol. The van der Waals surface area contributed by atoms with Crippen LogP contribution in [-0.2, 0) is 16.6 Å². The highest BCUT2D eigenvalue weighted by Gasteiger charge is 2.22. The average Bonchev–Trinajstić information content (AvgIpc) is 3.22. The van der Waals surface area contributed by atoms with Crippen molar-refractivity contribution >= 4 is 44.6 Å². The molecule has 0 aliphatic heterocycles. The quantitative estimate of drug-likeness (QED) is 0.651. The van der Waals surface area contributed by atoms with Crippen molar-refractivity contribution in [3.63, 3.8) is 0 Å². The molecular weight excluding hydrogens is 404 g/mol. The van der Waals surface area contributed by atoms with Gasteiger partial charge in [0.15, 0.2) is 0 Å². The molecule has 3 aromatic rings. The number of amides is 1. The van der Waals surface area contributed by atoms with Crippen LogP contribution in [0.4, 0.5) is 5.69 Å². The van der Waals surface area contributed by atoms with Crippen molar-refractivity contribution in [3.05, 3.63) is 82.2 Å². The first-order valence-electron chi connectivity index (χ1n) is 8.03. The molecule has 1 N–H and O–H groups in total. The third-order valence-corrected chi connectivity index (χ3v) is 7.38. The minimum absolute atomic E-state index is 0.236. The van der Waals surface area contributed by atoms with Gasteiger partial charge in [0.1, 0.15) is 4.21 Å². The summed E-state index contributed by atoms with van der Waals surface area (Å²) >= 11 is 7.01. The summed E-state index contributed by atoms with van der Waals surface area (Å²) in [7, 11) is -2.10. The maximum Gasteiger partial charge on any atom is 0.273 e. The lowest BCUT2D eigenvalue weighted by molar-refractivity contribution is 0.0951. The van der Waals surface area contributed by atoms with Crippen molar-refractivity contribution in [1.29, 1.82) is 0 Å². The minimum Gasteiger partial charge on any atom is -0.348 e. The first kappa shape index (κ1) is 19.4. The normalized spacial score (nSPS) is 11.2. The molecule has 0 aliphatic carbocycles. The van der Waals surface area contributed by atoms with Gasteiger partial charge in [0.2, 0.25) is 0 Å². The zero-order chi connectivity index (χ0) is 19.4. The maximum atomic E-state index is 12.5.